The summed E-state index contributed by atoms with van der Waals surface area (Å²) in [5, 5.41) is 12.8. The van der Waals surface area contributed by atoms with Gasteiger partial charge < -0.3 is 20.2 Å². The Balaban J connectivity index is 1.47. The van der Waals surface area contributed by atoms with Crippen LogP contribution >= 0.6 is 0 Å². The van der Waals surface area contributed by atoms with E-state index in [0.29, 0.717) is 41.5 Å². The molecule has 172 valence electrons. The molecule has 1 aliphatic heterocycles. The van der Waals surface area contributed by atoms with Gasteiger partial charge in [-0.2, -0.15) is 14.6 Å². The second-order valence-corrected chi connectivity index (χ2v) is 8.15. The predicted octanol–water partition coefficient (Wildman–Crippen LogP) is 2.20. The van der Waals surface area contributed by atoms with Crippen molar-refractivity contribution in [1.82, 2.24) is 34.7 Å². The number of carbonyl (C=O) groups is 1. The van der Waals surface area contributed by atoms with E-state index in [0.717, 1.165) is 18.4 Å². The highest BCUT2D eigenvalue weighted by molar-refractivity contribution is 5.92. The number of nitrogen functional groups attached to an aromatic ring is 1. The van der Waals surface area contributed by atoms with Crippen molar-refractivity contribution in [2.24, 2.45) is 0 Å². The van der Waals surface area contributed by atoms with E-state index in [2.05, 4.69) is 25.5 Å². The average Bonchev–Trinajstić information content (AvgIpc) is 3.61. The first kappa shape index (κ1) is 20.4. The highest BCUT2D eigenvalue weighted by Gasteiger charge is 2.29. The van der Waals surface area contributed by atoms with Crippen molar-refractivity contribution in [3.8, 4) is 11.6 Å². The molecule has 1 unspecified atom stereocenters. The van der Waals surface area contributed by atoms with E-state index < -0.39 is 6.04 Å². The van der Waals surface area contributed by atoms with Gasteiger partial charge in [-0.15, -0.1) is 5.10 Å². The number of nitrogens with one attached hydrogen (secondary N) is 1. The lowest BCUT2D eigenvalue weighted by atomic mass is 10.0. The molecular weight excluding hydrogens is 436 g/mol. The summed E-state index contributed by atoms with van der Waals surface area (Å²) in [5.74, 6) is 0.865. The van der Waals surface area contributed by atoms with Gasteiger partial charge >= 0.3 is 0 Å². The molecule has 11 nitrogen and oxygen atoms in total. The molecule has 5 aromatic rings. The number of furan rings is 1. The Morgan fingerprint density at radius 2 is 1.91 bits per heavy atom. The van der Waals surface area contributed by atoms with Gasteiger partial charge in [0.2, 0.25) is 17.7 Å². The number of ether oxygens (including phenoxy) is 1. The molecule has 1 atom stereocenters. The predicted molar refractivity (Wildman–Crippen MR) is 123 cm³/mol. The van der Waals surface area contributed by atoms with Crippen molar-refractivity contribution in [3.05, 3.63) is 60.5 Å². The second-order valence-electron chi connectivity index (χ2n) is 8.15. The first-order valence-electron chi connectivity index (χ1n) is 11.1. The van der Waals surface area contributed by atoms with E-state index in [-0.39, 0.29) is 17.9 Å². The van der Waals surface area contributed by atoms with Gasteiger partial charge in [-0.05, 0) is 30.5 Å². The van der Waals surface area contributed by atoms with Crippen LogP contribution in [0, 0.1) is 0 Å². The Labute approximate surface area is 193 Å². The third-order valence-electron chi connectivity index (χ3n) is 5.97. The minimum Gasteiger partial charge on any atom is -0.461 e. The summed E-state index contributed by atoms with van der Waals surface area (Å²) in [6.07, 6.45) is 4.73. The molecule has 5 heterocycles. The van der Waals surface area contributed by atoms with Crippen LogP contribution in [-0.2, 0) is 9.53 Å². The Bertz CT molecular complexity index is 1450. The van der Waals surface area contributed by atoms with Gasteiger partial charge in [-0.1, -0.05) is 30.3 Å². The number of nitrogens with zero attached hydrogens (tertiary/aromatic N) is 6. The number of aromatic nitrogens is 6. The minimum atomic E-state index is -0.733. The zero-order valence-corrected chi connectivity index (χ0v) is 18.2. The van der Waals surface area contributed by atoms with Gasteiger partial charge in [-0.25, -0.2) is 9.67 Å². The molecule has 0 spiro atoms. The summed E-state index contributed by atoms with van der Waals surface area (Å²) < 4.78 is 13.9. The number of benzene rings is 1. The largest absolute Gasteiger partial charge is 0.461 e. The molecule has 0 aliphatic carbocycles. The Morgan fingerprint density at radius 3 is 2.68 bits per heavy atom. The Morgan fingerprint density at radius 1 is 1.09 bits per heavy atom. The maximum atomic E-state index is 13.5. The topological polar surface area (TPSA) is 138 Å². The van der Waals surface area contributed by atoms with Crippen molar-refractivity contribution in [3.63, 3.8) is 0 Å². The van der Waals surface area contributed by atoms with E-state index >= 15 is 0 Å². The van der Waals surface area contributed by atoms with Crippen LogP contribution < -0.4 is 11.1 Å². The van der Waals surface area contributed by atoms with Crippen molar-refractivity contribution in [2.75, 3.05) is 18.9 Å². The van der Waals surface area contributed by atoms with Crippen LogP contribution in [-0.4, -0.2) is 54.5 Å². The molecule has 0 saturated carbocycles. The number of hydrogen-bond donors (Lipinski definition) is 2. The quantitative estimate of drug-likeness (QED) is 0.409. The van der Waals surface area contributed by atoms with Crippen LogP contribution in [0.1, 0.15) is 24.4 Å². The third kappa shape index (κ3) is 3.46. The molecule has 34 heavy (non-hydrogen) atoms. The number of anilines is 1. The highest BCUT2D eigenvalue weighted by Crippen LogP contribution is 2.28. The van der Waals surface area contributed by atoms with Crippen molar-refractivity contribution in [1.29, 1.82) is 0 Å². The lowest BCUT2D eigenvalue weighted by Gasteiger charge is -2.26. The normalized spacial score (nSPS) is 15.6. The van der Waals surface area contributed by atoms with Crippen molar-refractivity contribution < 1.29 is 13.9 Å². The van der Waals surface area contributed by atoms with Gasteiger partial charge in [-0.3, -0.25) is 4.79 Å². The van der Waals surface area contributed by atoms with Crippen LogP contribution in [0.4, 0.5) is 5.95 Å². The Kier molecular flexibility index (Phi) is 4.95. The number of rotatable bonds is 5. The van der Waals surface area contributed by atoms with E-state index in [1.807, 2.05) is 30.3 Å². The summed E-state index contributed by atoms with van der Waals surface area (Å²) in [6.45, 7) is 1.26. The standard InChI is InChI=1S/C23H22N8O3/c24-23-28-21-16(20-27-19(29-31(20)23)17-7-4-10-34-17)13-25-30(21)18(14-5-2-1-3-6-14)22(32)26-15-8-11-33-12-9-15/h1-7,10,13,15,18H,8-9,11-12H2,(H2,24,28)(H,26,32). The van der Waals surface area contributed by atoms with Crippen molar-refractivity contribution >= 4 is 28.5 Å². The first-order chi connectivity index (χ1) is 16.7. The number of hydrogen-bond acceptors (Lipinski definition) is 8. The highest BCUT2D eigenvalue weighted by atomic mass is 16.5. The number of amides is 1. The first-order valence-corrected chi connectivity index (χ1v) is 11.1. The van der Waals surface area contributed by atoms with Crippen LogP contribution in [0.15, 0.2) is 59.3 Å². The zero-order valence-electron chi connectivity index (χ0n) is 18.2. The van der Waals surface area contributed by atoms with E-state index in [9.17, 15) is 4.79 Å². The van der Waals surface area contributed by atoms with Gasteiger partial charge in [0, 0.05) is 19.3 Å². The van der Waals surface area contributed by atoms with Gasteiger partial charge in [0.15, 0.2) is 23.1 Å². The second kappa shape index (κ2) is 8.27. The molecule has 3 N–H and O–H groups in total. The van der Waals surface area contributed by atoms with Crippen LogP contribution in [0.2, 0.25) is 0 Å². The molecule has 1 aromatic carbocycles. The van der Waals surface area contributed by atoms with Crippen LogP contribution in [0.25, 0.3) is 28.3 Å². The molecule has 1 fully saturated rings. The van der Waals surface area contributed by atoms with Gasteiger partial charge in [0.1, 0.15) is 0 Å². The minimum absolute atomic E-state index is 0.0476. The molecule has 4 aromatic heterocycles. The smallest absolute Gasteiger partial charge is 0.249 e. The summed E-state index contributed by atoms with van der Waals surface area (Å²) in [5.41, 5.74) is 7.96. The fraction of sp³-hybridized carbons (Fsp3) is 0.261. The van der Waals surface area contributed by atoms with Crippen LogP contribution in [0.5, 0.6) is 0 Å². The maximum Gasteiger partial charge on any atom is 0.249 e. The molecule has 1 saturated heterocycles. The number of nitrogens with two attached hydrogens (primary N) is 1. The summed E-state index contributed by atoms with van der Waals surface area (Å²) in [4.78, 5) is 22.7. The average molecular weight is 458 g/mol. The molecule has 11 heteroatoms. The summed E-state index contributed by atoms with van der Waals surface area (Å²) in [7, 11) is 0. The monoisotopic (exact) mass is 458 g/mol. The lowest BCUT2D eigenvalue weighted by molar-refractivity contribution is -0.124. The maximum absolute atomic E-state index is 13.5. The lowest BCUT2D eigenvalue weighted by Crippen LogP contribution is -2.43. The third-order valence-corrected chi connectivity index (χ3v) is 5.97. The molecule has 1 aliphatic rings. The molecule has 6 rings (SSSR count). The SMILES string of the molecule is Nc1nc2c(cnn2C(C(=O)NC2CCOCC2)c2ccccc2)c2nc(-c3ccco3)nn12. The molecule has 0 radical (unpaired) electrons. The Hall–Kier alpha value is -4.25. The molecule has 0 bridgehead atoms. The van der Waals surface area contributed by atoms with E-state index in [4.69, 9.17) is 14.9 Å². The van der Waals surface area contributed by atoms with Crippen LogP contribution in [0.3, 0.4) is 0 Å². The molecule has 1 amide bonds. The van der Waals surface area contributed by atoms with E-state index in [1.54, 1.807) is 29.3 Å². The number of fused-ring (bicyclic) bond motifs is 3. The van der Waals surface area contributed by atoms with Crippen molar-refractivity contribution in [2.45, 2.75) is 24.9 Å². The summed E-state index contributed by atoms with van der Waals surface area (Å²) >= 11 is 0. The zero-order chi connectivity index (χ0) is 23.1. The fourth-order valence-corrected chi connectivity index (χ4v) is 4.29. The van der Waals surface area contributed by atoms with E-state index in [1.165, 1.54) is 4.52 Å². The number of carbonyl (C=O) groups excluding carboxylic acids is 1. The molecular formula is C23H22N8O3. The van der Waals surface area contributed by atoms with Gasteiger partial charge in [0.05, 0.1) is 17.8 Å². The van der Waals surface area contributed by atoms with Gasteiger partial charge in [0.25, 0.3) is 0 Å². The fourth-order valence-electron chi connectivity index (χ4n) is 4.29. The summed E-state index contributed by atoms with van der Waals surface area (Å²) in [6, 6.07) is 12.3.